The number of allylic oxidation sites excluding steroid dienone is 3. The zero-order valence-electron chi connectivity index (χ0n) is 11.4. The second-order valence-electron chi connectivity index (χ2n) is 4.36. The van der Waals surface area contributed by atoms with Crippen molar-refractivity contribution in [2.45, 2.75) is 40.2 Å². The number of aryl methyl sites for hydroxylation is 1. The van der Waals surface area contributed by atoms with E-state index in [2.05, 4.69) is 43.5 Å². The predicted molar refractivity (Wildman–Crippen MR) is 72.0 cm³/mol. The van der Waals surface area contributed by atoms with Crippen molar-refractivity contribution in [2.24, 2.45) is 0 Å². The molecule has 0 fully saturated rings. The molecule has 0 saturated carbocycles. The van der Waals surface area contributed by atoms with Crippen LogP contribution in [-0.2, 0) is 22.4 Å². The molecule has 98 valence electrons. The van der Waals surface area contributed by atoms with E-state index in [1.807, 2.05) is 6.08 Å². The van der Waals surface area contributed by atoms with E-state index < -0.39 is 0 Å². The molecule has 18 heavy (non-hydrogen) atoms. The van der Waals surface area contributed by atoms with Gasteiger partial charge in [0.15, 0.2) is 5.76 Å². The summed E-state index contributed by atoms with van der Waals surface area (Å²) < 4.78 is 13.1. The summed E-state index contributed by atoms with van der Waals surface area (Å²) >= 11 is 0. The lowest BCUT2D eigenvalue weighted by atomic mass is 10.2. The Hall–Kier alpha value is -1.64. The molecular formula is C15H21NO2. The Bertz CT molecular complexity index is 469. The van der Waals surface area contributed by atoms with Crippen LogP contribution in [0, 0.1) is 6.92 Å². The van der Waals surface area contributed by atoms with Crippen molar-refractivity contribution in [1.29, 1.82) is 0 Å². The topological polar surface area (TPSA) is 23.4 Å². The standard InChI is InChI=1S/C15H21NO2/c1-4-14-15(18-11-17-14)8-6-7-13-10-9-12(3)16(13)5-2/h6,8-10H,4-5,7,11H2,1-3H3/b8-6-. The van der Waals surface area contributed by atoms with Crippen molar-refractivity contribution in [1.82, 2.24) is 4.57 Å². The average molecular weight is 247 g/mol. The molecule has 1 aromatic rings. The highest BCUT2D eigenvalue weighted by Gasteiger charge is 2.12. The third-order valence-electron chi connectivity index (χ3n) is 3.25. The third kappa shape index (κ3) is 2.61. The number of hydrogen-bond donors (Lipinski definition) is 0. The quantitative estimate of drug-likeness (QED) is 0.794. The Labute approximate surface area is 109 Å². The number of nitrogens with zero attached hydrogens (tertiary/aromatic N) is 1. The maximum atomic E-state index is 5.42. The fourth-order valence-corrected chi connectivity index (χ4v) is 2.27. The molecule has 0 aliphatic carbocycles. The largest absolute Gasteiger partial charge is 0.458 e. The second-order valence-corrected chi connectivity index (χ2v) is 4.36. The summed E-state index contributed by atoms with van der Waals surface area (Å²) in [6.07, 6.45) is 5.96. The molecule has 0 spiro atoms. The van der Waals surface area contributed by atoms with Gasteiger partial charge in [-0.2, -0.15) is 0 Å². The first kappa shape index (κ1) is 12.8. The molecule has 0 bridgehead atoms. The molecule has 1 aromatic heterocycles. The van der Waals surface area contributed by atoms with Crippen LogP contribution in [-0.4, -0.2) is 11.4 Å². The SMILES string of the molecule is CCC1=C(/C=C\Cc2ccc(C)n2CC)OCO1. The van der Waals surface area contributed by atoms with Gasteiger partial charge in [0.2, 0.25) is 6.79 Å². The molecule has 1 aliphatic heterocycles. The van der Waals surface area contributed by atoms with Crippen molar-refractivity contribution in [3.8, 4) is 0 Å². The molecule has 0 aromatic carbocycles. The highest BCUT2D eigenvalue weighted by Crippen LogP contribution is 2.20. The van der Waals surface area contributed by atoms with Crippen LogP contribution in [0.15, 0.2) is 35.8 Å². The third-order valence-corrected chi connectivity index (χ3v) is 3.25. The maximum absolute atomic E-state index is 5.42. The van der Waals surface area contributed by atoms with Crippen LogP contribution < -0.4 is 0 Å². The smallest absolute Gasteiger partial charge is 0.230 e. The first-order chi connectivity index (χ1) is 8.76. The lowest BCUT2D eigenvalue weighted by molar-refractivity contribution is 0.0725. The Balaban J connectivity index is 2.03. The molecule has 3 nitrogen and oxygen atoms in total. The Morgan fingerprint density at radius 1 is 1.28 bits per heavy atom. The molecule has 0 saturated heterocycles. The predicted octanol–water partition coefficient (Wildman–Crippen LogP) is 3.54. The zero-order valence-corrected chi connectivity index (χ0v) is 11.4. The van der Waals surface area contributed by atoms with Crippen LogP contribution >= 0.6 is 0 Å². The molecule has 0 unspecified atom stereocenters. The highest BCUT2D eigenvalue weighted by atomic mass is 16.7. The molecule has 2 heterocycles. The minimum absolute atomic E-state index is 0.354. The summed E-state index contributed by atoms with van der Waals surface area (Å²) in [5.41, 5.74) is 2.65. The molecule has 0 amide bonds. The molecule has 0 radical (unpaired) electrons. The van der Waals surface area contributed by atoms with Crippen LogP contribution in [0.3, 0.4) is 0 Å². The number of aromatic nitrogens is 1. The van der Waals surface area contributed by atoms with Crippen LogP contribution in [0.4, 0.5) is 0 Å². The van der Waals surface area contributed by atoms with Crippen LogP contribution in [0.25, 0.3) is 0 Å². The van der Waals surface area contributed by atoms with Crippen molar-refractivity contribution in [2.75, 3.05) is 6.79 Å². The van der Waals surface area contributed by atoms with Crippen molar-refractivity contribution < 1.29 is 9.47 Å². The van der Waals surface area contributed by atoms with Gasteiger partial charge in [0.25, 0.3) is 0 Å². The van der Waals surface area contributed by atoms with Gasteiger partial charge in [-0.15, -0.1) is 0 Å². The highest BCUT2D eigenvalue weighted by molar-refractivity contribution is 5.22. The van der Waals surface area contributed by atoms with Gasteiger partial charge in [0, 0.05) is 30.8 Å². The Kier molecular flexibility index (Phi) is 4.13. The minimum Gasteiger partial charge on any atom is -0.458 e. The van der Waals surface area contributed by atoms with Gasteiger partial charge >= 0.3 is 0 Å². The van der Waals surface area contributed by atoms with E-state index in [9.17, 15) is 0 Å². The molecule has 0 N–H and O–H groups in total. The summed E-state index contributed by atoms with van der Waals surface area (Å²) in [5.74, 6) is 1.83. The number of hydrogen-bond acceptors (Lipinski definition) is 2. The zero-order chi connectivity index (χ0) is 13.0. The number of ether oxygens (including phenoxy) is 2. The maximum Gasteiger partial charge on any atom is 0.230 e. The minimum atomic E-state index is 0.354. The first-order valence-corrected chi connectivity index (χ1v) is 6.56. The molecule has 2 rings (SSSR count). The Morgan fingerprint density at radius 2 is 2.11 bits per heavy atom. The summed E-state index contributed by atoms with van der Waals surface area (Å²) in [4.78, 5) is 0. The first-order valence-electron chi connectivity index (χ1n) is 6.56. The van der Waals surface area contributed by atoms with Gasteiger partial charge in [-0.25, -0.2) is 0 Å². The second kappa shape index (κ2) is 5.80. The number of rotatable bonds is 5. The van der Waals surface area contributed by atoms with Gasteiger partial charge in [-0.1, -0.05) is 13.0 Å². The molecular weight excluding hydrogens is 226 g/mol. The molecule has 1 aliphatic rings. The van der Waals surface area contributed by atoms with Gasteiger partial charge in [0.05, 0.1) is 0 Å². The lowest BCUT2D eigenvalue weighted by Crippen LogP contribution is -2.01. The lowest BCUT2D eigenvalue weighted by Gasteiger charge is -2.06. The van der Waals surface area contributed by atoms with Crippen LogP contribution in [0.2, 0.25) is 0 Å². The van der Waals surface area contributed by atoms with E-state index in [1.54, 1.807) is 0 Å². The van der Waals surface area contributed by atoms with E-state index in [1.165, 1.54) is 11.4 Å². The summed E-state index contributed by atoms with van der Waals surface area (Å²) in [6, 6.07) is 4.35. The average Bonchev–Trinajstić information content (AvgIpc) is 2.96. The normalized spacial score (nSPS) is 15.3. The van der Waals surface area contributed by atoms with E-state index in [-0.39, 0.29) is 0 Å². The monoisotopic (exact) mass is 247 g/mol. The fourth-order valence-electron chi connectivity index (χ4n) is 2.27. The van der Waals surface area contributed by atoms with E-state index >= 15 is 0 Å². The molecule has 3 heteroatoms. The van der Waals surface area contributed by atoms with Crippen molar-refractivity contribution in [3.63, 3.8) is 0 Å². The summed E-state index contributed by atoms with van der Waals surface area (Å²) in [5, 5.41) is 0. The Morgan fingerprint density at radius 3 is 2.83 bits per heavy atom. The van der Waals surface area contributed by atoms with Crippen molar-refractivity contribution in [3.05, 3.63) is 47.2 Å². The van der Waals surface area contributed by atoms with Crippen LogP contribution in [0.1, 0.15) is 31.7 Å². The van der Waals surface area contributed by atoms with Gasteiger partial charge in [-0.3, -0.25) is 0 Å². The van der Waals surface area contributed by atoms with Crippen LogP contribution in [0.5, 0.6) is 0 Å². The van der Waals surface area contributed by atoms with E-state index in [0.717, 1.165) is 30.9 Å². The molecule has 0 atom stereocenters. The summed E-state index contributed by atoms with van der Waals surface area (Å²) in [7, 11) is 0. The fraction of sp³-hybridized carbons (Fsp3) is 0.467. The van der Waals surface area contributed by atoms with Gasteiger partial charge < -0.3 is 14.0 Å². The van der Waals surface area contributed by atoms with E-state index in [0.29, 0.717) is 6.79 Å². The van der Waals surface area contributed by atoms with E-state index in [4.69, 9.17) is 9.47 Å². The van der Waals surface area contributed by atoms with Gasteiger partial charge in [-0.05, 0) is 32.1 Å². The van der Waals surface area contributed by atoms with Crippen molar-refractivity contribution >= 4 is 0 Å². The summed E-state index contributed by atoms with van der Waals surface area (Å²) in [6.45, 7) is 7.76. The van der Waals surface area contributed by atoms with Gasteiger partial charge in [0.1, 0.15) is 5.76 Å².